The highest BCUT2D eigenvalue weighted by atomic mass is 32.2. The molecule has 1 aromatic rings. The summed E-state index contributed by atoms with van der Waals surface area (Å²) in [7, 11) is -1.80. The minimum absolute atomic E-state index is 0.335. The number of piperazine rings is 1. The number of sulfonamides is 1. The number of nitrogens with zero attached hydrogens (tertiary/aromatic N) is 2. The minimum atomic E-state index is -3.36. The predicted molar refractivity (Wildman–Crippen MR) is 80.0 cm³/mol. The second kappa shape index (κ2) is 5.92. The molecule has 2 saturated heterocycles. The van der Waals surface area contributed by atoms with Crippen molar-refractivity contribution in [3.63, 3.8) is 0 Å². The molecule has 7 heteroatoms. The van der Waals surface area contributed by atoms with Crippen molar-refractivity contribution in [2.45, 2.75) is 10.9 Å². The first-order valence-electron chi connectivity index (χ1n) is 7.20. The molecule has 0 atom stereocenters. The first-order chi connectivity index (χ1) is 10.1. The zero-order chi connectivity index (χ0) is 14.9. The van der Waals surface area contributed by atoms with Crippen LogP contribution in [-0.2, 0) is 10.0 Å². The Bertz CT molecular complexity index is 576. The molecule has 0 aromatic heterocycles. The van der Waals surface area contributed by atoms with Crippen molar-refractivity contribution in [1.29, 1.82) is 0 Å². The number of methoxy groups -OCH3 is 1. The molecule has 0 spiro atoms. The van der Waals surface area contributed by atoms with Crippen LogP contribution in [-0.4, -0.2) is 70.0 Å². The summed E-state index contributed by atoms with van der Waals surface area (Å²) in [6.07, 6.45) is 0. The van der Waals surface area contributed by atoms with Crippen LogP contribution in [0, 0.1) is 0 Å². The fourth-order valence-corrected chi connectivity index (χ4v) is 4.30. The molecular formula is C14H21N3O3S. The van der Waals surface area contributed by atoms with E-state index in [0.29, 0.717) is 29.8 Å². The van der Waals surface area contributed by atoms with Crippen LogP contribution in [0.25, 0.3) is 0 Å². The Hall–Kier alpha value is -1.15. The van der Waals surface area contributed by atoms with Gasteiger partial charge in [0.1, 0.15) is 5.75 Å². The molecule has 2 heterocycles. The summed E-state index contributed by atoms with van der Waals surface area (Å²) in [5.41, 5.74) is 0. The molecule has 2 aliphatic heterocycles. The van der Waals surface area contributed by atoms with Crippen molar-refractivity contribution in [1.82, 2.24) is 14.5 Å². The van der Waals surface area contributed by atoms with E-state index in [1.165, 1.54) is 0 Å². The zero-order valence-electron chi connectivity index (χ0n) is 12.2. The van der Waals surface area contributed by atoms with Gasteiger partial charge in [-0.1, -0.05) is 0 Å². The van der Waals surface area contributed by atoms with Crippen LogP contribution < -0.4 is 10.1 Å². The highest BCUT2D eigenvalue weighted by Gasteiger charge is 2.39. The number of benzene rings is 1. The molecule has 2 fully saturated rings. The van der Waals surface area contributed by atoms with Crippen LogP contribution >= 0.6 is 0 Å². The number of hydrogen-bond acceptors (Lipinski definition) is 5. The lowest BCUT2D eigenvalue weighted by molar-refractivity contribution is 0.0773. The predicted octanol–water partition coefficient (Wildman–Crippen LogP) is -0.0267. The molecule has 0 saturated carbocycles. The Morgan fingerprint density at radius 2 is 1.76 bits per heavy atom. The van der Waals surface area contributed by atoms with Crippen LogP contribution in [0.2, 0.25) is 0 Å². The third kappa shape index (κ3) is 2.91. The smallest absolute Gasteiger partial charge is 0.243 e. The standard InChI is InChI=1S/C14H21N3O3S/c1-20-13-2-4-14(5-3-13)21(18,19)17-10-12(11-17)16-8-6-15-7-9-16/h2-5,12,15H,6-11H2,1H3. The molecule has 0 bridgehead atoms. The molecule has 0 amide bonds. The second-order valence-corrected chi connectivity index (χ2v) is 7.38. The van der Waals surface area contributed by atoms with Crippen molar-refractivity contribution < 1.29 is 13.2 Å². The molecule has 1 aromatic carbocycles. The van der Waals surface area contributed by atoms with E-state index in [2.05, 4.69) is 10.2 Å². The Labute approximate surface area is 125 Å². The summed E-state index contributed by atoms with van der Waals surface area (Å²) in [6.45, 7) is 5.16. The van der Waals surface area contributed by atoms with Gasteiger partial charge in [-0.25, -0.2) is 8.42 Å². The Morgan fingerprint density at radius 1 is 1.14 bits per heavy atom. The van der Waals surface area contributed by atoms with Crippen molar-refractivity contribution in [2.24, 2.45) is 0 Å². The van der Waals surface area contributed by atoms with Crippen LogP contribution in [0.15, 0.2) is 29.2 Å². The normalized spacial score (nSPS) is 22.0. The Morgan fingerprint density at radius 3 is 2.33 bits per heavy atom. The van der Waals surface area contributed by atoms with E-state index in [1.54, 1.807) is 35.7 Å². The fraction of sp³-hybridized carbons (Fsp3) is 0.571. The summed E-state index contributed by atoms with van der Waals surface area (Å²) in [4.78, 5) is 2.71. The topological polar surface area (TPSA) is 61.9 Å². The maximum Gasteiger partial charge on any atom is 0.243 e. The van der Waals surface area contributed by atoms with Gasteiger partial charge < -0.3 is 10.1 Å². The van der Waals surface area contributed by atoms with Gasteiger partial charge in [0, 0.05) is 45.3 Å². The lowest BCUT2D eigenvalue weighted by atomic mass is 10.1. The van der Waals surface area contributed by atoms with Crippen molar-refractivity contribution >= 4 is 10.0 Å². The number of ether oxygens (including phenoxy) is 1. The van der Waals surface area contributed by atoms with E-state index in [4.69, 9.17) is 4.74 Å². The average Bonchev–Trinajstić information content (AvgIpc) is 2.46. The molecule has 3 rings (SSSR count). The summed E-state index contributed by atoms with van der Waals surface area (Å²) >= 11 is 0. The molecule has 0 radical (unpaired) electrons. The largest absolute Gasteiger partial charge is 0.497 e. The molecular weight excluding hydrogens is 290 g/mol. The van der Waals surface area contributed by atoms with E-state index in [1.807, 2.05) is 0 Å². The fourth-order valence-electron chi connectivity index (χ4n) is 2.79. The molecule has 21 heavy (non-hydrogen) atoms. The highest BCUT2D eigenvalue weighted by Crippen LogP contribution is 2.25. The number of nitrogens with one attached hydrogen (secondary N) is 1. The van der Waals surface area contributed by atoms with E-state index in [0.717, 1.165) is 26.2 Å². The van der Waals surface area contributed by atoms with E-state index < -0.39 is 10.0 Å². The lowest BCUT2D eigenvalue weighted by Gasteiger charge is -2.45. The maximum atomic E-state index is 12.5. The Kier molecular flexibility index (Phi) is 4.17. The molecule has 0 unspecified atom stereocenters. The number of rotatable bonds is 4. The first kappa shape index (κ1) is 14.8. The molecule has 1 N–H and O–H groups in total. The third-order valence-electron chi connectivity index (χ3n) is 4.19. The quantitative estimate of drug-likeness (QED) is 0.846. The van der Waals surface area contributed by atoms with Crippen LogP contribution in [0.3, 0.4) is 0 Å². The van der Waals surface area contributed by atoms with Gasteiger partial charge in [-0.3, -0.25) is 4.90 Å². The minimum Gasteiger partial charge on any atom is -0.497 e. The summed E-state index contributed by atoms with van der Waals surface area (Å²) in [5, 5.41) is 3.31. The lowest BCUT2D eigenvalue weighted by Crippen LogP contribution is -2.63. The van der Waals surface area contributed by atoms with Gasteiger partial charge in [-0.15, -0.1) is 0 Å². The molecule has 6 nitrogen and oxygen atoms in total. The highest BCUT2D eigenvalue weighted by molar-refractivity contribution is 7.89. The average molecular weight is 311 g/mol. The maximum absolute atomic E-state index is 12.5. The van der Waals surface area contributed by atoms with Crippen molar-refractivity contribution in [2.75, 3.05) is 46.4 Å². The van der Waals surface area contributed by atoms with Gasteiger partial charge in [0.25, 0.3) is 0 Å². The zero-order valence-corrected chi connectivity index (χ0v) is 13.0. The first-order valence-corrected chi connectivity index (χ1v) is 8.64. The Balaban J connectivity index is 1.64. The van der Waals surface area contributed by atoms with Gasteiger partial charge in [0.05, 0.1) is 12.0 Å². The number of hydrogen-bond donors (Lipinski definition) is 1. The van der Waals surface area contributed by atoms with Crippen LogP contribution in [0.5, 0.6) is 5.75 Å². The van der Waals surface area contributed by atoms with Crippen LogP contribution in [0.4, 0.5) is 0 Å². The van der Waals surface area contributed by atoms with E-state index in [-0.39, 0.29) is 0 Å². The molecule has 116 valence electrons. The summed E-state index contributed by atoms with van der Waals surface area (Å²) < 4.78 is 31.6. The molecule has 2 aliphatic rings. The third-order valence-corrected chi connectivity index (χ3v) is 6.04. The van der Waals surface area contributed by atoms with E-state index in [9.17, 15) is 8.42 Å². The molecule has 0 aliphatic carbocycles. The van der Waals surface area contributed by atoms with E-state index >= 15 is 0 Å². The SMILES string of the molecule is COc1ccc(S(=O)(=O)N2CC(N3CCNCC3)C2)cc1. The van der Waals surface area contributed by atoms with Crippen molar-refractivity contribution in [3.8, 4) is 5.75 Å². The van der Waals surface area contributed by atoms with Gasteiger partial charge in [0.15, 0.2) is 0 Å². The van der Waals surface area contributed by atoms with Gasteiger partial charge in [0.2, 0.25) is 10.0 Å². The monoisotopic (exact) mass is 311 g/mol. The second-order valence-electron chi connectivity index (χ2n) is 5.44. The van der Waals surface area contributed by atoms with Gasteiger partial charge in [-0.2, -0.15) is 4.31 Å². The summed E-state index contributed by atoms with van der Waals surface area (Å²) in [6, 6.07) is 6.93. The van der Waals surface area contributed by atoms with Crippen molar-refractivity contribution in [3.05, 3.63) is 24.3 Å². The van der Waals surface area contributed by atoms with Gasteiger partial charge >= 0.3 is 0 Å². The van der Waals surface area contributed by atoms with Gasteiger partial charge in [-0.05, 0) is 24.3 Å². The van der Waals surface area contributed by atoms with Crippen LogP contribution in [0.1, 0.15) is 0 Å². The summed E-state index contributed by atoms with van der Waals surface area (Å²) in [5.74, 6) is 0.663.